The fourth-order valence-corrected chi connectivity index (χ4v) is 1.87. The summed E-state index contributed by atoms with van der Waals surface area (Å²) in [6, 6.07) is 5.62. The van der Waals surface area contributed by atoms with Crippen LogP contribution in [0, 0.1) is 24.0 Å². The van der Waals surface area contributed by atoms with Crippen LogP contribution in [0.4, 0.5) is 11.4 Å². The highest BCUT2D eigenvalue weighted by Gasteiger charge is 2.25. The zero-order chi connectivity index (χ0) is 14.9. The lowest BCUT2D eigenvalue weighted by Crippen LogP contribution is -2.18. The van der Waals surface area contributed by atoms with E-state index in [0.717, 1.165) is 17.3 Å². The molecule has 0 atom stereocenters. The number of aryl methyl sites for hydroxylation is 3. The molecule has 0 aliphatic rings. The van der Waals surface area contributed by atoms with Gasteiger partial charge in [-0.05, 0) is 31.0 Å². The van der Waals surface area contributed by atoms with Crippen LogP contribution >= 0.6 is 0 Å². The summed E-state index contributed by atoms with van der Waals surface area (Å²) in [7, 11) is 1.49. The summed E-state index contributed by atoms with van der Waals surface area (Å²) < 4.78 is 1.19. The first kappa shape index (κ1) is 13.7. The van der Waals surface area contributed by atoms with Gasteiger partial charge in [-0.1, -0.05) is 12.1 Å². The van der Waals surface area contributed by atoms with Crippen molar-refractivity contribution in [2.24, 2.45) is 7.05 Å². The fraction of sp³-hybridized carbons (Fsp3) is 0.231. The van der Waals surface area contributed by atoms with Crippen LogP contribution in [-0.2, 0) is 7.05 Å². The van der Waals surface area contributed by atoms with E-state index in [9.17, 15) is 14.9 Å². The van der Waals surface area contributed by atoms with E-state index in [2.05, 4.69) is 10.4 Å². The number of aromatic nitrogens is 2. The molecule has 0 fully saturated rings. The summed E-state index contributed by atoms with van der Waals surface area (Å²) in [4.78, 5) is 22.5. The number of hydrogen-bond acceptors (Lipinski definition) is 4. The molecule has 104 valence electrons. The van der Waals surface area contributed by atoms with Crippen LogP contribution in [0.25, 0.3) is 0 Å². The summed E-state index contributed by atoms with van der Waals surface area (Å²) in [6.45, 7) is 3.76. The molecule has 7 nitrogen and oxygen atoms in total. The van der Waals surface area contributed by atoms with Gasteiger partial charge in [-0.2, -0.15) is 5.10 Å². The van der Waals surface area contributed by atoms with Gasteiger partial charge < -0.3 is 5.32 Å². The van der Waals surface area contributed by atoms with Crippen molar-refractivity contribution < 1.29 is 9.72 Å². The molecule has 0 aliphatic heterocycles. The van der Waals surface area contributed by atoms with E-state index in [-0.39, 0.29) is 11.4 Å². The Morgan fingerprint density at radius 1 is 1.40 bits per heavy atom. The van der Waals surface area contributed by atoms with E-state index in [1.807, 2.05) is 32.0 Å². The summed E-state index contributed by atoms with van der Waals surface area (Å²) in [5, 5.41) is 17.3. The number of nitro groups is 1. The number of carbonyl (C=O) groups excluding carboxylic acids is 1. The largest absolute Gasteiger partial charge is 0.320 e. The van der Waals surface area contributed by atoms with Crippen LogP contribution in [0.15, 0.2) is 24.4 Å². The Kier molecular flexibility index (Phi) is 3.51. The maximum Gasteiger partial charge on any atom is 0.320 e. The number of anilines is 1. The molecule has 2 aromatic rings. The molecule has 0 saturated carbocycles. The number of benzene rings is 1. The second-order valence-electron chi connectivity index (χ2n) is 4.53. The molecule has 1 N–H and O–H groups in total. The first-order chi connectivity index (χ1) is 9.40. The molecular formula is C13H14N4O3. The van der Waals surface area contributed by atoms with Gasteiger partial charge in [0.25, 0.3) is 5.91 Å². The van der Waals surface area contributed by atoms with Gasteiger partial charge in [-0.15, -0.1) is 0 Å². The van der Waals surface area contributed by atoms with E-state index in [4.69, 9.17) is 0 Å². The van der Waals surface area contributed by atoms with Crippen molar-refractivity contribution in [1.29, 1.82) is 0 Å². The SMILES string of the molecule is Cc1ccc(C)c(NC(=O)c2c([N+](=O)[O-])cnn2C)c1. The van der Waals surface area contributed by atoms with Gasteiger partial charge in [-0.25, -0.2) is 0 Å². The number of hydrogen-bond donors (Lipinski definition) is 1. The van der Waals surface area contributed by atoms with Gasteiger partial charge >= 0.3 is 5.69 Å². The first-order valence-electron chi connectivity index (χ1n) is 5.95. The zero-order valence-corrected chi connectivity index (χ0v) is 11.4. The Morgan fingerprint density at radius 3 is 2.75 bits per heavy atom. The lowest BCUT2D eigenvalue weighted by Gasteiger charge is -2.09. The van der Waals surface area contributed by atoms with Crippen LogP contribution in [0.2, 0.25) is 0 Å². The minimum absolute atomic E-state index is 0.0732. The average molecular weight is 274 g/mol. The molecule has 1 amide bonds. The summed E-state index contributed by atoms with van der Waals surface area (Å²) >= 11 is 0. The molecule has 1 aromatic carbocycles. The lowest BCUT2D eigenvalue weighted by molar-refractivity contribution is -0.385. The van der Waals surface area contributed by atoms with Crippen molar-refractivity contribution in [2.75, 3.05) is 5.32 Å². The standard InChI is InChI=1S/C13H14N4O3/c1-8-4-5-9(2)10(6-8)15-13(18)12-11(17(19)20)7-14-16(12)3/h4-7H,1-3H3,(H,15,18). The second kappa shape index (κ2) is 5.12. The van der Waals surface area contributed by atoms with E-state index < -0.39 is 10.8 Å². The highest BCUT2D eigenvalue weighted by Crippen LogP contribution is 2.21. The van der Waals surface area contributed by atoms with Crippen molar-refractivity contribution >= 4 is 17.3 Å². The van der Waals surface area contributed by atoms with E-state index in [0.29, 0.717) is 5.69 Å². The summed E-state index contributed by atoms with van der Waals surface area (Å²) in [5.41, 5.74) is 2.12. The summed E-state index contributed by atoms with van der Waals surface area (Å²) in [5.74, 6) is -0.551. The van der Waals surface area contributed by atoms with Crippen LogP contribution in [0.1, 0.15) is 21.6 Å². The minimum atomic E-state index is -0.620. The molecule has 0 unspecified atom stereocenters. The van der Waals surface area contributed by atoms with Crippen molar-refractivity contribution in [3.05, 3.63) is 51.3 Å². The van der Waals surface area contributed by atoms with Gasteiger partial charge in [-0.3, -0.25) is 19.6 Å². The normalized spacial score (nSPS) is 10.3. The average Bonchev–Trinajstić information content (AvgIpc) is 2.76. The predicted octanol–water partition coefficient (Wildman–Crippen LogP) is 2.20. The monoisotopic (exact) mass is 274 g/mol. The molecule has 20 heavy (non-hydrogen) atoms. The van der Waals surface area contributed by atoms with Crippen LogP contribution in [-0.4, -0.2) is 20.6 Å². The molecular weight excluding hydrogens is 260 g/mol. The van der Waals surface area contributed by atoms with Gasteiger partial charge in [0.05, 0.1) is 4.92 Å². The third-order valence-electron chi connectivity index (χ3n) is 2.97. The van der Waals surface area contributed by atoms with Gasteiger partial charge in [0, 0.05) is 12.7 Å². The zero-order valence-electron chi connectivity index (χ0n) is 11.4. The molecule has 1 heterocycles. The fourth-order valence-electron chi connectivity index (χ4n) is 1.87. The Morgan fingerprint density at radius 2 is 2.10 bits per heavy atom. The van der Waals surface area contributed by atoms with E-state index >= 15 is 0 Å². The van der Waals surface area contributed by atoms with Crippen LogP contribution in [0.3, 0.4) is 0 Å². The Hall–Kier alpha value is -2.70. The smallest absolute Gasteiger partial charge is 0.320 e. The first-order valence-corrected chi connectivity index (χ1v) is 5.95. The summed E-state index contributed by atoms with van der Waals surface area (Å²) in [6.07, 6.45) is 1.07. The topological polar surface area (TPSA) is 90.1 Å². The Bertz CT molecular complexity index is 691. The van der Waals surface area contributed by atoms with Crippen LogP contribution < -0.4 is 5.32 Å². The van der Waals surface area contributed by atoms with Gasteiger partial charge in [0.2, 0.25) is 5.69 Å². The predicted molar refractivity (Wildman–Crippen MR) is 73.7 cm³/mol. The third kappa shape index (κ3) is 2.51. The number of rotatable bonds is 3. The van der Waals surface area contributed by atoms with Crippen LogP contribution in [0.5, 0.6) is 0 Å². The van der Waals surface area contributed by atoms with Crippen molar-refractivity contribution in [3.63, 3.8) is 0 Å². The Balaban J connectivity index is 2.36. The van der Waals surface area contributed by atoms with Crippen molar-refractivity contribution in [1.82, 2.24) is 9.78 Å². The third-order valence-corrected chi connectivity index (χ3v) is 2.97. The number of carbonyl (C=O) groups is 1. The van der Waals surface area contributed by atoms with Crippen molar-refractivity contribution in [2.45, 2.75) is 13.8 Å². The second-order valence-corrected chi connectivity index (χ2v) is 4.53. The number of nitrogens with zero attached hydrogens (tertiary/aromatic N) is 3. The quantitative estimate of drug-likeness (QED) is 0.686. The number of amides is 1. The molecule has 0 aliphatic carbocycles. The Labute approximate surface area is 115 Å². The maximum absolute atomic E-state index is 12.2. The molecule has 0 radical (unpaired) electrons. The van der Waals surface area contributed by atoms with Gasteiger partial charge in [0.15, 0.2) is 0 Å². The molecule has 0 bridgehead atoms. The molecule has 1 aromatic heterocycles. The highest BCUT2D eigenvalue weighted by molar-refractivity contribution is 6.06. The van der Waals surface area contributed by atoms with E-state index in [1.54, 1.807) is 0 Å². The molecule has 2 rings (SSSR count). The maximum atomic E-state index is 12.2. The molecule has 0 spiro atoms. The van der Waals surface area contributed by atoms with E-state index in [1.165, 1.54) is 11.7 Å². The minimum Gasteiger partial charge on any atom is -0.320 e. The highest BCUT2D eigenvalue weighted by atomic mass is 16.6. The van der Waals surface area contributed by atoms with Gasteiger partial charge in [0.1, 0.15) is 6.20 Å². The molecule has 0 saturated heterocycles. The lowest BCUT2D eigenvalue weighted by atomic mass is 10.1. The van der Waals surface area contributed by atoms with Crippen molar-refractivity contribution in [3.8, 4) is 0 Å². The molecule has 7 heteroatoms. The number of nitrogens with one attached hydrogen (secondary N) is 1.